The minimum atomic E-state index is -0.280. The van der Waals surface area contributed by atoms with Crippen LogP contribution in [-0.2, 0) is 20.9 Å². The van der Waals surface area contributed by atoms with E-state index in [0.29, 0.717) is 56.1 Å². The second-order valence-electron chi connectivity index (χ2n) is 9.39. The van der Waals surface area contributed by atoms with Gasteiger partial charge >= 0.3 is 0 Å². The smallest absolute Gasteiger partial charge is 0.252 e. The summed E-state index contributed by atoms with van der Waals surface area (Å²) in [6, 6.07) is 8.91. The number of pyridine rings is 1. The molecule has 1 saturated heterocycles. The Morgan fingerprint density at radius 1 is 1.09 bits per heavy atom. The van der Waals surface area contributed by atoms with E-state index >= 15 is 0 Å². The van der Waals surface area contributed by atoms with Crippen LogP contribution in [0, 0.1) is 5.92 Å². The first-order valence-corrected chi connectivity index (χ1v) is 12.2. The summed E-state index contributed by atoms with van der Waals surface area (Å²) in [5.41, 5.74) is 1.31. The molecule has 2 aromatic rings. The molecule has 3 aliphatic rings. The average molecular weight is 479 g/mol. The molecule has 1 saturated carbocycles. The molecule has 9 nitrogen and oxygen atoms in total. The van der Waals surface area contributed by atoms with Gasteiger partial charge in [0.15, 0.2) is 0 Å². The molecular formula is C26H30N4O5. The summed E-state index contributed by atoms with van der Waals surface area (Å²) in [6.45, 7) is 1.79. The zero-order valence-corrected chi connectivity index (χ0v) is 19.6. The van der Waals surface area contributed by atoms with E-state index in [1.54, 1.807) is 12.3 Å². The lowest BCUT2D eigenvalue weighted by Crippen LogP contribution is -2.57. The number of aromatic nitrogens is 1. The summed E-state index contributed by atoms with van der Waals surface area (Å²) in [6.07, 6.45) is 6.17. The van der Waals surface area contributed by atoms with E-state index < -0.39 is 0 Å². The standard InChI is InChI=1S/C26H30N4O5/c31-24-5-2-9-28-25(32)19-12-21(14-27-13-19)35-20-4-1-3-17(11-20)16-34-23-8-10-30(15-22(23)29-24)26(33)18-6-7-18/h1,3-4,11-14,18,22-23H,2,5-10,15-16H2,(H,28,32)(H,29,31)/t22-,23-/m0/s1. The Morgan fingerprint density at radius 2 is 1.97 bits per heavy atom. The van der Waals surface area contributed by atoms with Crippen LogP contribution in [-0.4, -0.2) is 59.4 Å². The fraction of sp³-hybridized carbons (Fsp3) is 0.462. The molecular weight excluding hydrogens is 448 g/mol. The lowest BCUT2D eigenvalue weighted by atomic mass is 10.0. The Labute approximate surface area is 204 Å². The molecule has 0 unspecified atom stereocenters. The lowest BCUT2D eigenvalue weighted by molar-refractivity contribution is -0.138. The van der Waals surface area contributed by atoms with Crippen LogP contribution in [0.5, 0.6) is 11.5 Å². The number of piperidine rings is 1. The highest BCUT2D eigenvalue weighted by atomic mass is 16.5. The largest absolute Gasteiger partial charge is 0.456 e. The Balaban J connectivity index is 1.34. The molecule has 2 aliphatic heterocycles. The molecule has 0 spiro atoms. The van der Waals surface area contributed by atoms with Gasteiger partial charge in [0.2, 0.25) is 11.8 Å². The zero-order chi connectivity index (χ0) is 24.2. The second-order valence-corrected chi connectivity index (χ2v) is 9.39. The fourth-order valence-corrected chi connectivity index (χ4v) is 4.53. The third-order valence-electron chi connectivity index (χ3n) is 6.57. The van der Waals surface area contributed by atoms with Crippen molar-refractivity contribution in [3.8, 4) is 11.5 Å². The van der Waals surface area contributed by atoms with E-state index in [0.717, 1.165) is 18.4 Å². The van der Waals surface area contributed by atoms with Crippen LogP contribution in [0.15, 0.2) is 42.7 Å². The van der Waals surface area contributed by atoms with Crippen LogP contribution >= 0.6 is 0 Å². The first-order valence-electron chi connectivity index (χ1n) is 12.2. The second kappa shape index (κ2) is 10.4. The van der Waals surface area contributed by atoms with Gasteiger partial charge < -0.3 is 25.0 Å². The molecule has 1 aromatic heterocycles. The van der Waals surface area contributed by atoms with Crippen LogP contribution < -0.4 is 15.4 Å². The average Bonchev–Trinajstić information content (AvgIpc) is 3.71. The van der Waals surface area contributed by atoms with E-state index in [9.17, 15) is 14.4 Å². The number of ether oxygens (including phenoxy) is 2. The number of carbonyl (C=O) groups is 3. The first kappa shape index (κ1) is 23.3. The number of fused-ring (bicyclic) bond motifs is 5. The topological polar surface area (TPSA) is 110 Å². The van der Waals surface area contributed by atoms with Gasteiger partial charge in [0.05, 0.1) is 30.5 Å². The van der Waals surface area contributed by atoms with Gasteiger partial charge in [-0.2, -0.15) is 0 Å². The Kier molecular flexibility index (Phi) is 6.94. The number of hydrogen-bond donors (Lipinski definition) is 2. The maximum Gasteiger partial charge on any atom is 0.252 e. The van der Waals surface area contributed by atoms with Gasteiger partial charge in [0, 0.05) is 38.2 Å². The van der Waals surface area contributed by atoms with Crippen molar-refractivity contribution in [3.63, 3.8) is 0 Å². The molecule has 4 bridgehead atoms. The molecule has 3 heterocycles. The first-order chi connectivity index (χ1) is 17.0. The van der Waals surface area contributed by atoms with Crippen molar-refractivity contribution in [1.82, 2.24) is 20.5 Å². The summed E-state index contributed by atoms with van der Waals surface area (Å²) >= 11 is 0. The highest BCUT2D eigenvalue weighted by Gasteiger charge is 2.38. The Hall–Kier alpha value is -3.46. The SMILES string of the molecule is O=C1CCCNC(=O)c2cncc(c2)Oc2cccc(c2)CO[C@H]2CCN(C(=O)C3CC3)C[C@@H]2N1. The summed E-state index contributed by atoms with van der Waals surface area (Å²) in [7, 11) is 0. The molecule has 9 heteroatoms. The molecule has 3 amide bonds. The summed E-state index contributed by atoms with van der Waals surface area (Å²) in [4.78, 5) is 43.8. The summed E-state index contributed by atoms with van der Waals surface area (Å²) in [5.74, 6) is 1.02. The number of nitrogens with zero attached hydrogens (tertiary/aromatic N) is 2. The van der Waals surface area contributed by atoms with Crippen molar-refractivity contribution in [2.24, 2.45) is 5.92 Å². The number of amides is 3. The minimum absolute atomic E-state index is 0.112. The molecule has 35 heavy (non-hydrogen) atoms. The van der Waals surface area contributed by atoms with Crippen LogP contribution in [0.2, 0.25) is 0 Å². The van der Waals surface area contributed by atoms with Crippen molar-refractivity contribution in [1.29, 1.82) is 0 Å². The minimum Gasteiger partial charge on any atom is -0.456 e. The van der Waals surface area contributed by atoms with Gasteiger partial charge in [-0.25, -0.2) is 0 Å². The van der Waals surface area contributed by atoms with Crippen molar-refractivity contribution in [3.05, 3.63) is 53.9 Å². The number of nitrogens with one attached hydrogen (secondary N) is 2. The normalized spacial score (nSPS) is 23.6. The molecule has 1 aromatic carbocycles. The third-order valence-corrected chi connectivity index (χ3v) is 6.57. The van der Waals surface area contributed by atoms with E-state index in [4.69, 9.17) is 9.47 Å². The van der Waals surface area contributed by atoms with E-state index in [2.05, 4.69) is 15.6 Å². The highest BCUT2D eigenvalue weighted by Crippen LogP contribution is 2.32. The molecule has 0 radical (unpaired) electrons. The molecule has 2 fully saturated rings. The van der Waals surface area contributed by atoms with Gasteiger partial charge in [-0.3, -0.25) is 19.4 Å². The number of carbonyl (C=O) groups excluding carboxylic acids is 3. The molecule has 5 rings (SSSR count). The maximum absolute atomic E-state index is 12.7. The number of benzene rings is 1. The van der Waals surface area contributed by atoms with Crippen molar-refractivity contribution in [2.75, 3.05) is 19.6 Å². The predicted molar refractivity (Wildman–Crippen MR) is 127 cm³/mol. The number of likely N-dealkylation sites (tertiary alicyclic amines) is 1. The fourth-order valence-electron chi connectivity index (χ4n) is 4.53. The van der Waals surface area contributed by atoms with Crippen molar-refractivity contribution < 1.29 is 23.9 Å². The molecule has 184 valence electrons. The zero-order valence-electron chi connectivity index (χ0n) is 19.6. The van der Waals surface area contributed by atoms with Crippen LogP contribution in [0.3, 0.4) is 0 Å². The molecule has 2 atom stereocenters. The monoisotopic (exact) mass is 478 g/mol. The quantitative estimate of drug-likeness (QED) is 0.652. The van der Waals surface area contributed by atoms with Crippen LogP contribution in [0.25, 0.3) is 0 Å². The summed E-state index contributed by atoms with van der Waals surface area (Å²) < 4.78 is 12.2. The number of hydrogen-bond acceptors (Lipinski definition) is 6. The molecule has 1 aliphatic carbocycles. The van der Waals surface area contributed by atoms with E-state index in [-0.39, 0.29) is 42.2 Å². The Bertz CT molecular complexity index is 1100. The highest BCUT2D eigenvalue weighted by molar-refractivity contribution is 5.94. The van der Waals surface area contributed by atoms with Gasteiger partial charge in [-0.15, -0.1) is 0 Å². The maximum atomic E-state index is 12.7. The van der Waals surface area contributed by atoms with Crippen LogP contribution in [0.4, 0.5) is 0 Å². The van der Waals surface area contributed by atoms with Crippen molar-refractivity contribution in [2.45, 2.75) is 50.9 Å². The summed E-state index contributed by atoms with van der Waals surface area (Å²) in [5, 5.41) is 5.91. The lowest BCUT2D eigenvalue weighted by Gasteiger charge is -2.39. The van der Waals surface area contributed by atoms with Gasteiger partial charge in [0.25, 0.3) is 5.91 Å². The Morgan fingerprint density at radius 3 is 2.83 bits per heavy atom. The van der Waals surface area contributed by atoms with Gasteiger partial charge in [0.1, 0.15) is 11.5 Å². The van der Waals surface area contributed by atoms with E-state index in [1.165, 1.54) is 6.20 Å². The third kappa shape index (κ3) is 5.97. The van der Waals surface area contributed by atoms with Crippen LogP contribution in [0.1, 0.15) is 48.0 Å². The van der Waals surface area contributed by atoms with Gasteiger partial charge in [-0.1, -0.05) is 12.1 Å². The predicted octanol–water partition coefficient (Wildman–Crippen LogP) is 2.41. The van der Waals surface area contributed by atoms with Crippen molar-refractivity contribution >= 4 is 17.7 Å². The molecule has 2 N–H and O–H groups in total. The van der Waals surface area contributed by atoms with Gasteiger partial charge in [-0.05, 0) is 49.4 Å². The number of rotatable bonds is 1. The van der Waals surface area contributed by atoms with E-state index in [1.807, 2.05) is 29.2 Å².